The minimum absolute atomic E-state index is 0.157. The maximum atomic E-state index is 11.3. The van der Waals surface area contributed by atoms with E-state index in [1.165, 1.54) is 6.26 Å². The number of aromatic nitrogens is 3. The van der Waals surface area contributed by atoms with Crippen LogP contribution < -0.4 is 5.73 Å². The number of anilines is 1. The normalized spacial score (nSPS) is 12.3. The van der Waals surface area contributed by atoms with E-state index in [2.05, 4.69) is 9.97 Å². The Labute approximate surface area is 128 Å². The standard InChI is InChI=1S/C15H18N4O2S/c1-10-17-13-14(19(10)8-5-9-22(2,20)21)11-6-3-4-7-12(11)18-15(13)16/h3-4,6-7H,5,8-9H2,1-2H3,(H2,16,18). The Morgan fingerprint density at radius 2 is 1.95 bits per heavy atom. The van der Waals surface area contributed by atoms with Crippen LogP contribution in [0.5, 0.6) is 0 Å². The number of hydrogen-bond donors (Lipinski definition) is 1. The molecule has 2 aromatic heterocycles. The summed E-state index contributed by atoms with van der Waals surface area (Å²) in [7, 11) is -2.96. The number of fused-ring (bicyclic) bond motifs is 3. The quantitative estimate of drug-likeness (QED) is 0.793. The van der Waals surface area contributed by atoms with Crippen molar-refractivity contribution in [2.24, 2.45) is 0 Å². The van der Waals surface area contributed by atoms with Crippen molar-refractivity contribution in [1.82, 2.24) is 14.5 Å². The van der Waals surface area contributed by atoms with Gasteiger partial charge in [0.15, 0.2) is 5.82 Å². The average molecular weight is 318 g/mol. The summed E-state index contributed by atoms with van der Waals surface area (Å²) in [5.41, 5.74) is 8.44. The fraction of sp³-hybridized carbons (Fsp3) is 0.333. The third-order valence-electron chi connectivity index (χ3n) is 3.70. The van der Waals surface area contributed by atoms with Crippen LogP contribution in [0.25, 0.3) is 21.9 Å². The summed E-state index contributed by atoms with van der Waals surface area (Å²) in [6, 6.07) is 7.76. The average Bonchev–Trinajstić information content (AvgIpc) is 2.76. The summed E-state index contributed by atoms with van der Waals surface area (Å²) in [6.07, 6.45) is 1.80. The first-order valence-electron chi connectivity index (χ1n) is 7.05. The number of benzene rings is 1. The van der Waals surface area contributed by atoms with E-state index in [9.17, 15) is 8.42 Å². The summed E-state index contributed by atoms with van der Waals surface area (Å²) in [5.74, 6) is 1.37. The number of imidazole rings is 1. The summed E-state index contributed by atoms with van der Waals surface area (Å²) < 4.78 is 24.7. The Morgan fingerprint density at radius 1 is 1.23 bits per heavy atom. The SMILES string of the molecule is Cc1nc2c(N)nc3ccccc3c2n1CCCS(C)(=O)=O. The molecule has 0 saturated heterocycles. The van der Waals surface area contributed by atoms with Gasteiger partial charge in [-0.3, -0.25) is 0 Å². The molecule has 0 saturated carbocycles. The first-order chi connectivity index (χ1) is 10.4. The molecule has 0 aliphatic heterocycles. The van der Waals surface area contributed by atoms with Crippen LogP contribution in [0.2, 0.25) is 0 Å². The second-order valence-corrected chi connectivity index (χ2v) is 7.77. The Bertz CT molecular complexity index is 960. The Balaban J connectivity index is 2.15. The van der Waals surface area contributed by atoms with Gasteiger partial charge in [-0.15, -0.1) is 0 Å². The Morgan fingerprint density at radius 3 is 2.68 bits per heavy atom. The smallest absolute Gasteiger partial charge is 0.152 e. The van der Waals surface area contributed by atoms with Crippen molar-refractivity contribution in [3.8, 4) is 0 Å². The lowest BCUT2D eigenvalue weighted by Crippen LogP contribution is -2.08. The fourth-order valence-electron chi connectivity index (χ4n) is 2.73. The lowest BCUT2D eigenvalue weighted by Gasteiger charge is -2.09. The van der Waals surface area contributed by atoms with Gasteiger partial charge < -0.3 is 10.3 Å². The number of nitrogens with zero attached hydrogens (tertiary/aromatic N) is 3. The van der Waals surface area contributed by atoms with Gasteiger partial charge in [-0.2, -0.15) is 0 Å². The van der Waals surface area contributed by atoms with Crippen LogP contribution >= 0.6 is 0 Å². The predicted molar refractivity (Wildman–Crippen MR) is 88.5 cm³/mol. The molecular weight excluding hydrogens is 300 g/mol. The Hall–Kier alpha value is -2.15. The van der Waals surface area contributed by atoms with E-state index in [0.29, 0.717) is 24.3 Å². The number of sulfone groups is 1. The second-order valence-electron chi connectivity index (χ2n) is 5.51. The molecule has 0 fully saturated rings. The molecule has 0 atom stereocenters. The molecule has 0 aliphatic rings. The predicted octanol–water partition coefficient (Wildman–Crippen LogP) is 1.91. The monoisotopic (exact) mass is 318 g/mol. The molecule has 116 valence electrons. The van der Waals surface area contributed by atoms with Gasteiger partial charge >= 0.3 is 0 Å². The summed E-state index contributed by atoms with van der Waals surface area (Å²) >= 11 is 0. The molecule has 0 amide bonds. The highest BCUT2D eigenvalue weighted by atomic mass is 32.2. The van der Waals surface area contributed by atoms with E-state index in [1.807, 2.05) is 35.8 Å². The highest BCUT2D eigenvalue weighted by Gasteiger charge is 2.15. The van der Waals surface area contributed by atoms with Crippen LogP contribution in [-0.4, -0.2) is 35.0 Å². The van der Waals surface area contributed by atoms with Crippen molar-refractivity contribution in [2.75, 3.05) is 17.7 Å². The number of aryl methyl sites for hydroxylation is 2. The summed E-state index contributed by atoms with van der Waals surface area (Å²) in [6.45, 7) is 2.48. The van der Waals surface area contributed by atoms with Gasteiger partial charge in [-0.25, -0.2) is 18.4 Å². The molecule has 6 nitrogen and oxygen atoms in total. The van der Waals surface area contributed by atoms with Crippen LogP contribution in [0.4, 0.5) is 5.82 Å². The summed E-state index contributed by atoms with van der Waals surface area (Å²) in [4.78, 5) is 8.89. The van der Waals surface area contributed by atoms with Crippen LogP contribution in [0.1, 0.15) is 12.2 Å². The molecule has 1 aromatic carbocycles. The van der Waals surface area contributed by atoms with Gasteiger partial charge in [0, 0.05) is 18.2 Å². The van der Waals surface area contributed by atoms with Crippen molar-refractivity contribution in [3.63, 3.8) is 0 Å². The van der Waals surface area contributed by atoms with E-state index in [0.717, 1.165) is 22.2 Å². The van der Waals surface area contributed by atoms with Crippen LogP contribution in [0.3, 0.4) is 0 Å². The fourth-order valence-corrected chi connectivity index (χ4v) is 3.38. The maximum absolute atomic E-state index is 11.3. The number of pyridine rings is 1. The van der Waals surface area contributed by atoms with E-state index >= 15 is 0 Å². The third kappa shape index (κ3) is 2.64. The van der Waals surface area contributed by atoms with Crippen molar-refractivity contribution in [1.29, 1.82) is 0 Å². The van der Waals surface area contributed by atoms with E-state index in [-0.39, 0.29) is 5.75 Å². The molecule has 0 bridgehead atoms. The lowest BCUT2D eigenvalue weighted by molar-refractivity contribution is 0.592. The van der Waals surface area contributed by atoms with Crippen molar-refractivity contribution in [2.45, 2.75) is 19.9 Å². The van der Waals surface area contributed by atoms with Crippen molar-refractivity contribution in [3.05, 3.63) is 30.1 Å². The molecule has 2 heterocycles. The zero-order valence-corrected chi connectivity index (χ0v) is 13.4. The molecule has 3 aromatic rings. The maximum Gasteiger partial charge on any atom is 0.152 e. The number of hydrogen-bond acceptors (Lipinski definition) is 5. The number of rotatable bonds is 4. The first-order valence-corrected chi connectivity index (χ1v) is 9.11. The molecule has 0 spiro atoms. The summed E-state index contributed by atoms with van der Waals surface area (Å²) in [5, 5.41) is 0.978. The van der Waals surface area contributed by atoms with Crippen LogP contribution in [0.15, 0.2) is 24.3 Å². The van der Waals surface area contributed by atoms with Gasteiger partial charge in [0.2, 0.25) is 0 Å². The molecule has 7 heteroatoms. The van der Waals surface area contributed by atoms with Gasteiger partial charge in [0.25, 0.3) is 0 Å². The molecule has 2 N–H and O–H groups in total. The number of para-hydroxylation sites is 1. The molecule has 0 radical (unpaired) electrons. The minimum Gasteiger partial charge on any atom is -0.382 e. The van der Waals surface area contributed by atoms with Gasteiger partial charge in [0.1, 0.15) is 21.2 Å². The molecule has 0 unspecified atom stereocenters. The first kappa shape index (κ1) is 14.8. The molecule has 22 heavy (non-hydrogen) atoms. The van der Waals surface area contributed by atoms with Gasteiger partial charge in [-0.05, 0) is 19.4 Å². The number of nitrogens with two attached hydrogens (primary N) is 1. The zero-order chi connectivity index (χ0) is 15.9. The lowest BCUT2D eigenvalue weighted by atomic mass is 10.2. The largest absolute Gasteiger partial charge is 0.382 e. The third-order valence-corrected chi connectivity index (χ3v) is 4.73. The van der Waals surface area contributed by atoms with Crippen molar-refractivity contribution < 1.29 is 8.42 Å². The van der Waals surface area contributed by atoms with E-state index in [4.69, 9.17) is 5.73 Å². The van der Waals surface area contributed by atoms with E-state index in [1.54, 1.807) is 0 Å². The highest BCUT2D eigenvalue weighted by Crippen LogP contribution is 2.28. The minimum atomic E-state index is -2.96. The van der Waals surface area contributed by atoms with E-state index < -0.39 is 9.84 Å². The van der Waals surface area contributed by atoms with Crippen molar-refractivity contribution >= 4 is 37.6 Å². The van der Waals surface area contributed by atoms with Crippen LogP contribution in [-0.2, 0) is 16.4 Å². The highest BCUT2D eigenvalue weighted by molar-refractivity contribution is 7.90. The molecule has 0 aliphatic carbocycles. The molecule has 3 rings (SSSR count). The Kier molecular flexibility index (Phi) is 3.52. The second kappa shape index (κ2) is 5.24. The van der Waals surface area contributed by atoms with Gasteiger partial charge in [0.05, 0.1) is 16.8 Å². The topological polar surface area (TPSA) is 90.9 Å². The number of nitrogen functional groups attached to an aromatic ring is 1. The van der Waals surface area contributed by atoms with Crippen LogP contribution in [0, 0.1) is 6.92 Å². The zero-order valence-electron chi connectivity index (χ0n) is 12.6. The molecular formula is C15H18N4O2S. The van der Waals surface area contributed by atoms with Gasteiger partial charge in [-0.1, -0.05) is 18.2 Å².